The zero-order chi connectivity index (χ0) is 12.1. The second kappa shape index (κ2) is 5.36. The number of nitro benzene ring substituents is 1. The van der Waals surface area contributed by atoms with Crippen LogP contribution in [0, 0.1) is 21.7 Å². The molecule has 0 saturated carbocycles. The van der Waals surface area contributed by atoms with E-state index in [9.17, 15) is 18.9 Å². The smallest absolute Gasteiger partial charge is 0.295 e. The molecule has 1 rings (SSSR count). The molecule has 0 aliphatic carbocycles. The average Bonchev–Trinajstić information content (AvgIpc) is 2.24. The van der Waals surface area contributed by atoms with Crippen molar-refractivity contribution in [3.05, 3.63) is 33.9 Å². The monoisotopic (exact) mass is 232 g/mol. The maximum atomic E-state index is 13.3. The van der Waals surface area contributed by atoms with Gasteiger partial charge in [0, 0.05) is 19.7 Å². The number of halogens is 2. The van der Waals surface area contributed by atoms with Crippen molar-refractivity contribution in [2.45, 2.75) is 0 Å². The molecule has 1 aromatic rings. The van der Waals surface area contributed by atoms with Crippen LogP contribution in [0.5, 0.6) is 0 Å². The second-order valence-electron chi connectivity index (χ2n) is 2.93. The topological polar surface area (TPSA) is 64.4 Å². The Bertz CT molecular complexity index is 399. The van der Waals surface area contributed by atoms with Gasteiger partial charge >= 0.3 is 0 Å². The van der Waals surface area contributed by atoms with E-state index >= 15 is 0 Å². The maximum Gasteiger partial charge on any atom is 0.295 e. The lowest BCUT2D eigenvalue weighted by atomic mass is 10.2. The Morgan fingerprint density at radius 1 is 1.50 bits per heavy atom. The van der Waals surface area contributed by atoms with Crippen LogP contribution in [0.2, 0.25) is 0 Å². The van der Waals surface area contributed by atoms with Gasteiger partial charge in [-0.3, -0.25) is 10.1 Å². The molecule has 0 radical (unpaired) electrons. The standard InChI is InChI=1S/C9H10F2N2O3/c1-16-5-4-12-9-7(13(14)15)3-2-6(10)8(9)11/h2-3,12H,4-5H2,1H3. The van der Waals surface area contributed by atoms with Gasteiger partial charge in [0.1, 0.15) is 0 Å². The molecule has 0 fully saturated rings. The largest absolute Gasteiger partial charge is 0.383 e. The van der Waals surface area contributed by atoms with Crippen LogP contribution in [0.15, 0.2) is 12.1 Å². The molecule has 0 aromatic heterocycles. The minimum Gasteiger partial charge on any atom is -0.383 e. The quantitative estimate of drug-likeness (QED) is 0.478. The Kier molecular flexibility index (Phi) is 4.12. The van der Waals surface area contributed by atoms with Crippen LogP contribution < -0.4 is 5.32 Å². The van der Waals surface area contributed by atoms with E-state index in [1.54, 1.807) is 0 Å². The highest BCUT2D eigenvalue weighted by Gasteiger charge is 2.20. The van der Waals surface area contributed by atoms with Crippen LogP contribution in [0.1, 0.15) is 0 Å². The van der Waals surface area contributed by atoms with Crippen molar-refractivity contribution in [2.24, 2.45) is 0 Å². The Labute approximate surface area is 90.2 Å². The summed E-state index contributed by atoms with van der Waals surface area (Å²) in [5.41, 5.74) is -0.961. The van der Waals surface area contributed by atoms with Gasteiger partial charge in [0.05, 0.1) is 11.5 Å². The first-order chi connectivity index (χ1) is 7.57. The summed E-state index contributed by atoms with van der Waals surface area (Å²) in [4.78, 5) is 9.78. The molecule has 0 unspecified atom stereocenters. The van der Waals surface area contributed by atoms with E-state index in [-0.39, 0.29) is 13.2 Å². The number of hydrogen-bond donors (Lipinski definition) is 1. The highest BCUT2D eigenvalue weighted by atomic mass is 19.2. The average molecular weight is 232 g/mol. The van der Waals surface area contributed by atoms with Gasteiger partial charge in [-0.05, 0) is 6.07 Å². The molecular weight excluding hydrogens is 222 g/mol. The first-order valence-electron chi connectivity index (χ1n) is 4.43. The predicted molar refractivity (Wildman–Crippen MR) is 53.4 cm³/mol. The van der Waals surface area contributed by atoms with Crippen molar-refractivity contribution in [3.8, 4) is 0 Å². The van der Waals surface area contributed by atoms with Crippen LogP contribution in [0.25, 0.3) is 0 Å². The third-order valence-electron chi connectivity index (χ3n) is 1.88. The number of anilines is 1. The number of rotatable bonds is 5. The molecule has 0 aliphatic heterocycles. The van der Waals surface area contributed by atoms with Crippen LogP contribution in [0.4, 0.5) is 20.2 Å². The first kappa shape index (κ1) is 12.3. The first-order valence-corrected chi connectivity index (χ1v) is 4.43. The summed E-state index contributed by atoms with van der Waals surface area (Å²) in [6.07, 6.45) is 0. The molecule has 0 saturated heterocycles. The van der Waals surface area contributed by atoms with Crippen molar-refractivity contribution < 1.29 is 18.4 Å². The van der Waals surface area contributed by atoms with Crippen LogP contribution in [-0.4, -0.2) is 25.2 Å². The van der Waals surface area contributed by atoms with Crippen molar-refractivity contribution in [1.82, 2.24) is 0 Å². The van der Waals surface area contributed by atoms with Crippen molar-refractivity contribution >= 4 is 11.4 Å². The highest BCUT2D eigenvalue weighted by Crippen LogP contribution is 2.28. The third-order valence-corrected chi connectivity index (χ3v) is 1.88. The number of nitro groups is 1. The maximum absolute atomic E-state index is 13.3. The van der Waals surface area contributed by atoms with Gasteiger partial charge in [0.25, 0.3) is 5.69 Å². The number of benzene rings is 1. The molecule has 1 N–H and O–H groups in total. The predicted octanol–water partition coefficient (Wildman–Crippen LogP) is 1.93. The normalized spacial score (nSPS) is 10.2. The van der Waals surface area contributed by atoms with Crippen LogP contribution in [-0.2, 0) is 4.74 Å². The fourth-order valence-electron chi connectivity index (χ4n) is 1.14. The number of hydrogen-bond acceptors (Lipinski definition) is 4. The number of nitrogens with zero attached hydrogens (tertiary/aromatic N) is 1. The number of ether oxygens (including phenoxy) is 1. The summed E-state index contributed by atoms with van der Waals surface area (Å²) in [7, 11) is 1.43. The van der Waals surface area contributed by atoms with Gasteiger partial charge in [-0.25, -0.2) is 8.78 Å². The summed E-state index contributed by atoms with van der Waals surface area (Å²) >= 11 is 0. The van der Waals surface area contributed by atoms with E-state index in [4.69, 9.17) is 0 Å². The fourth-order valence-corrected chi connectivity index (χ4v) is 1.14. The SMILES string of the molecule is COCCNc1c([N+](=O)[O-])ccc(F)c1F. The molecule has 0 bridgehead atoms. The van der Waals surface area contributed by atoms with Crippen molar-refractivity contribution in [3.63, 3.8) is 0 Å². The summed E-state index contributed by atoms with van der Waals surface area (Å²) in [5.74, 6) is -2.39. The Balaban J connectivity index is 3.01. The Morgan fingerprint density at radius 2 is 2.19 bits per heavy atom. The van der Waals surface area contributed by atoms with Gasteiger partial charge < -0.3 is 10.1 Å². The molecule has 88 valence electrons. The molecule has 0 amide bonds. The van der Waals surface area contributed by atoms with E-state index in [0.29, 0.717) is 0 Å². The number of methoxy groups -OCH3 is 1. The van der Waals surface area contributed by atoms with Crippen LogP contribution >= 0.6 is 0 Å². The van der Waals surface area contributed by atoms with Gasteiger partial charge in [-0.1, -0.05) is 0 Å². The summed E-state index contributed by atoms with van der Waals surface area (Å²) in [6, 6.07) is 1.63. The molecule has 5 nitrogen and oxygen atoms in total. The Morgan fingerprint density at radius 3 is 2.75 bits per heavy atom. The summed E-state index contributed by atoms with van der Waals surface area (Å²) in [6.45, 7) is 0.380. The number of nitrogens with one attached hydrogen (secondary N) is 1. The minimum atomic E-state index is -1.26. The van der Waals surface area contributed by atoms with Crippen molar-refractivity contribution in [1.29, 1.82) is 0 Å². The lowest BCUT2D eigenvalue weighted by molar-refractivity contribution is -0.384. The van der Waals surface area contributed by atoms with Crippen molar-refractivity contribution in [2.75, 3.05) is 25.6 Å². The molecule has 0 atom stereocenters. The van der Waals surface area contributed by atoms with E-state index < -0.39 is 27.9 Å². The lowest BCUT2D eigenvalue weighted by Crippen LogP contribution is -2.11. The molecular formula is C9H10F2N2O3. The molecule has 0 aliphatic rings. The zero-order valence-corrected chi connectivity index (χ0v) is 8.50. The molecule has 16 heavy (non-hydrogen) atoms. The minimum absolute atomic E-state index is 0.151. The second-order valence-corrected chi connectivity index (χ2v) is 2.93. The van der Waals surface area contributed by atoms with Crippen LogP contribution in [0.3, 0.4) is 0 Å². The van der Waals surface area contributed by atoms with Gasteiger partial charge in [-0.2, -0.15) is 0 Å². The fraction of sp³-hybridized carbons (Fsp3) is 0.333. The van der Waals surface area contributed by atoms with E-state index in [1.807, 2.05) is 0 Å². The lowest BCUT2D eigenvalue weighted by Gasteiger charge is -2.07. The van der Waals surface area contributed by atoms with Gasteiger partial charge in [0.15, 0.2) is 17.3 Å². The van der Waals surface area contributed by atoms with Gasteiger partial charge in [-0.15, -0.1) is 0 Å². The highest BCUT2D eigenvalue weighted by molar-refractivity contribution is 5.62. The van der Waals surface area contributed by atoms with E-state index in [0.717, 1.165) is 12.1 Å². The van der Waals surface area contributed by atoms with E-state index in [1.165, 1.54) is 7.11 Å². The molecule has 1 aromatic carbocycles. The zero-order valence-electron chi connectivity index (χ0n) is 8.50. The third kappa shape index (κ3) is 2.63. The summed E-state index contributed by atoms with van der Waals surface area (Å²) in [5, 5.41) is 13.0. The summed E-state index contributed by atoms with van der Waals surface area (Å²) < 4.78 is 30.8. The Hall–Kier alpha value is -1.76. The van der Waals surface area contributed by atoms with E-state index in [2.05, 4.69) is 10.1 Å². The molecule has 0 spiro atoms. The molecule has 0 heterocycles. The molecule has 7 heteroatoms. The van der Waals surface area contributed by atoms with Gasteiger partial charge in [0.2, 0.25) is 0 Å².